The van der Waals surface area contributed by atoms with Crippen LogP contribution in [0.2, 0.25) is 25.7 Å². The van der Waals surface area contributed by atoms with E-state index in [0.29, 0.717) is 18.8 Å². The third-order valence-corrected chi connectivity index (χ3v) is 10.1. The van der Waals surface area contributed by atoms with Gasteiger partial charge in [0.25, 0.3) is 0 Å². The lowest BCUT2D eigenvalue weighted by Crippen LogP contribution is -2.22. The highest BCUT2D eigenvalue weighted by atomic mass is 79.9. The second-order valence-corrected chi connectivity index (χ2v) is 19.3. The number of carbonyl (C=O) groups excluding carboxylic acids is 1. The maximum Gasteiger partial charge on any atom is 0.188 e. The minimum absolute atomic E-state index is 0.0188. The molecule has 1 aliphatic rings. The molecule has 0 bridgehead atoms. The summed E-state index contributed by atoms with van der Waals surface area (Å²) in [6.45, 7) is 9.37. The number of ketones is 1. The van der Waals surface area contributed by atoms with Crippen molar-refractivity contribution in [3.05, 3.63) is 88.5 Å². The Hall–Kier alpha value is -3.38. The number of aromatic nitrogens is 6. The number of fused-ring (bicyclic) bond motifs is 1. The highest BCUT2D eigenvalue weighted by molar-refractivity contribution is 9.10. The summed E-state index contributed by atoms with van der Waals surface area (Å²) in [7, 11) is -1.23. The second-order valence-electron chi connectivity index (χ2n) is 12.7. The Labute approximate surface area is 267 Å². The lowest BCUT2D eigenvalue weighted by molar-refractivity contribution is -0.0394. The Kier molecular flexibility index (Phi) is 9.27. The zero-order chi connectivity index (χ0) is 30.7. The van der Waals surface area contributed by atoms with Crippen LogP contribution in [0.25, 0.3) is 22.0 Å². The number of ether oxygens (including phenoxy) is 2. The molecule has 5 aromatic rings. The molecule has 9 nitrogen and oxygen atoms in total. The SMILES string of the molecule is C[Si](C)(C)CCOCn1nc(C(=O)Cc2cnn(Cc3cccc(Br)c3)c2)c2ccc(-c3cnn(C4CCCCO4)c3)cc21. The van der Waals surface area contributed by atoms with Crippen molar-refractivity contribution in [1.82, 2.24) is 29.3 Å². The maximum absolute atomic E-state index is 13.7. The summed E-state index contributed by atoms with van der Waals surface area (Å²) >= 11 is 3.52. The van der Waals surface area contributed by atoms with Gasteiger partial charge >= 0.3 is 0 Å². The fraction of sp³-hybridized carbons (Fsp3) is 0.394. The van der Waals surface area contributed by atoms with E-state index in [1.54, 1.807) is 6.20 Å². The van der Waals surface area contributed by atoms with Crippen molar-refractivity contribution in [3.8, 4) is 11.1 Å². The normalized spacial score (nSPS) is 15.7. The van der Waals surface area contributed by atoms with Crippen LogP contribution in [-0.2, 0) is 29.2 Å². The van der Waals surface area contributed by atoms with Gasteiger partial charge in [-0.25, -0.2) is 9.36 Å². The molecule has 3 aromatic heterocycles. The summed E-state index contributed by atoms with van der Waals surface area (Å²) in [5, 5.41) is 14.7. The first kappa shape index (κ1) is 30.6. The monoisotopic (exact) mass is 674 g/mol. The van der Waals surface area contributed by atoms with Crippen molar-refractivity contribution in [2.45, 2.75) is 70.9 Å². The third kappa shape index (κ3) is 7.45. The molecule has 1 atom stereocenters. The average Bonchev–Trinajstić information content (AvgIpc) is 3.74. The first-order valence-corrected chi connectivity index (χ1v) is 19.8. The van der Waals surface area contributed by atoms with Gasteiger partial charge in [-0.3, -0.25) is 9.48 Å². The lowest BCUT2D eigenvalue weighted by Gasteiger charge is -2.22. The molecule has 1 unspecified atom stereocenters. The molecule has 0 amide bonds. The van der Waals surface area contributed by atoms with Crippen LogP contribution in [0, 0.1) is 0 Å². The van der Waals surface area contributed by atoms with Crippen LogP contribution >= 0.6 is 15.9 Å². The summed E-state index contributed by atoms with van der Waals surface area (Å²) in [6, 6.07) is 15.3. The number of hydrogen-bond acceptors (Lipinski definition) is 6. The topological polar surface area (TPSA) is 89.0 Å². The van der Waals surface area contributed by atoms with Gasteiger partial charge in [0.15, 0.2) is 5.78 Å². The van der Waals surface area contributed by atoms with Gasteiger partial charge in [0, 0.05) is 55.5 Å². The van der Waals surface area contributed by atoms with E-state index in [1.165, 1.54) is 0 Å². The van der Waals surface area contributed by atoms with Gasteiger partial charge in [-0.1, -0.05) is 53.8 Å². The predicted octanol–water partition coefficient (Wildman–Crippen LogP) is 7.34. The van der Waals surface area contributed by atoms with Crippen molar-refractivity contribution in [1.29, 1.82) is 0 Å². The summed E-state index contributed by atoms with van der Waals surface area (Å²) in [4.78, 5) is 13.7. The summed E-state index contributed by atoms with van der Waals surface area (Å²) in [6.07, 6.45) is 11.0. The Morgan fingerprint density at radius 3 is 2.73 bits per heavy atom. The number of nitrogens with zero attached hydrogens (tertiary/aromatic N) is 6. The first-order chi connectivity index (χ1) is 21.2. The van der Waals surface area contributed by atoms with Crippen molar-refractivity contribution in [3.63, 3.8) is 0 Å². The van der Waals surface area contributed by atoms with E-state index in [4.69, 9.17) is 14.6 Å². The van der Waals surface area contributed by atoms with Gasteiger partial charge in [0.2, 0.25) is 0 Å². The smallest absolute Gasteiger partial charge is 0.188 e. The van der Waals surface area contributed by atoms with Gasteiger partial charge in [0.05, 0.1) is 24.5 Å². The van der Waals surface area contributed by atoms with Gasteiger partial charge in [-0.05, 0) is 66.3 Å². The van der Waals surface area contributed by atoms with Gasteiger partial charge in [-0.15, -0.1) is 0 Å². The van der Waals surface area contributed by atoms with Crippen molar-refractivity contribution < 1.29 is 14.3 Å². The van der Waals surface area contributed by atoms with Crippen molar-refractivity contribution >= 4 is 40.7 Å². The molecule has 44 heavy (non-hydrogen) atoms. The van der Waals surface area contributed by atoms with E-state index in [2.05, 4.69) is 64.0 Å². The lowest BCUT2D eigenvalue weighted by atomic mass is 10.0. The van der Waals surface area contributed by atoms with E-state index in [1.807, 2.05) is 56.9 Å². The molecule has 0 spiro atoms. The van der Waals surface area contributed by atoms with E-state index in [9.17, 15) is 4.79 Å². The number of carbonyl (C=O) groups is 1. The zero-order valence-electron chi connectivity index (χ0n) is 25.6. The molecule has 2 aromatic carbocycles. The number of benzene rings is 2. The standard InChI is InChI=1S/C33H39BrN6O3Si/c1-44(2,3)14-13-42-23-40-30-17-26(27-19-36-39(22-27)32-9-4-5-12-43-32)10-11-29(30)33(37-40)31(41)16-25-18-35-38(21-25)20-24-7-6-8-28(34)15-24/h6-8,10-11,15,17-19,21-22,32H,4-5,9,12-14,16,20,23H2,1-3H3. The van der Waals surface area contributed by atoms with E-state index >= 15 is 0 Å². The minimum Gasteiger partial charge on any atom is -0.360 e. The molecule has 11 heteroatoms. The number of hydrogen-bond donors (Lipinski definition) is 0. The molecular weight excluding hydrogens is 636 g/mol. The Balaban J connectivity index is 1.24. The molecule has 1 fully saturated rings. The van der Waals surface area contributed by atoms with E-state index in [0.717, 1.165) is 69.5 Å². The molecule has 1 saturated heterocycles. The molecule has 4 heterocycles. The zero-order valence-corrected chi connectivity index (χ0v) is 28.2. The molecule has 0 N–H and O–H groups in total. The van der Waals surface area contributed by atoms with Crippen LogP contribution in [0.15, 0.2) is 71.7 Å². The van der Waals surface area contributed by atoms with Crippen LogP contribution in [-0.4, -0.2) is 56.4 Å². The van der Waals surface area contributed by atoms with Gasteiger partial charge < -0.3 is 9.47 Å². The largest absolute Gasteiger partial charge is 0.360 e. The molecule has 6 rings (SSSR count). The van der Waals surface area contributed by atoms with Gasteiger partial charge in [0.1, 0.15) is 18.7 Å². The van der Waals surface area contributed by atoms with Crippen molar-refractivity contribution in [2.75, 3.05) is 13.2 Å². The molecule has 0 saturated carbocycles. The van der Waals surface area contributed by atoms with Crippen LogP contribution in [0.1, 0.15) is 47.1 Å². The number of Topliss-reactive ketones (excluding diaryl/α,β-unsaturated/α-hetero) is 1. The van der Waals surface area contributed by atoms with Crippen LogP contribution in [0.3, 0.4) is 0 Å². The second kappa shape index (κ2) is 13.3. The first-order valence-electron chi connectivity index (χ1n) is 15.3. The molecular formula is C33H39BrN6O3Si. The van der Waals surface area contributed by atoms with Crippen LogP contribution < -0.4 is 0 Å². The molecule has 1 aliphatic heterocycles. The van der Waals surface area contributed by atoms with E-state index < -0.39 is 8.07 Å². The number of halogens is 1. The fourth-order valence-corrected chi connectivity index (χ4v) is 6.64. The molecule has 230 valence electrons. The predicted molar refractivity (Wildman–Crippen MR) is 177 cm³/mol. The summed E-state index contributed by atoms with van der Waals surface area (Å²) < 4.78 is 18.6. The highest BCUT2D eigenvalue weighted by Gasteiger charge is 2.21. The van der Waals surface area contributed by atoms with Crippen LogP contribution in [0.4, 0.5) is 0 Å². The highest BCUT2D eigenvalue weighted by Crippen LogP contribution is 2.29. The Morgan fingerprint density at radius 2 is 1.93 bits per heavy atom. The molecule has 0 radical (unpaired) electrons. The average molecular weight is 676 g/mol. The third-order valence-electron chi connectivity index (χ3n) is 7.90. The number of rotatable bonds is 12. The maximum atomic E-state index is 13.7. The Morgan fingerprint density at radius 1 is 1.05 bits per heavy atom. The van der Waals surface area contributed by atoms with E-state index in [-0.39, 0.29) is 25.2 Å². The van der Waals surface area contributed by atoms with Crippen molar-refractivity contribution in [2.24, 2.45) is 0 Å². The fourth-order valence-electron chi connectivity index (χ4n) is 5.44. The summed E-state index contributed by atoms with van der Waals surface area (Å²) in [5.41, 5.74) is 5.31. The van der Waals surface area contributed by atoms with Crippen LogP contribution in [0.5, 0.6) is 0 Å². The van der Waals surface area contributed by atoms with Gasteiger partial charge in [-0.2, -0.15) is 15.3 Å². The molecule has 0 aliphatic carbocycles. The quantitative estimate of drug-likeness (QED) is 0.0781. The summed E-state index contributed by atoms with van der Waals surface area (Å²) in [5.74, 6) is -0.0483. The minimum atomic E-state index is -1.23. The Bertz CT molecular complexity index is 1750.